The summed E-state index contributed by atoms with van der Waals surface area (Å²) in [5, 5.41) is 9.13. The average molecular weight is 388 g/mol. The van der Waals surface area contributed by atoms with Crippen molar-refractivity contribution in [3.05, 3.63) is 71.1 Å². The number of benzene rings is 2. The molecule has 5 heteroatoms. The third kappa shape index (κ3) is 3.88. The van der Waals surface area contributed by atoms with Gasteiger partial charge < -0.3 is 9.88 Å². The van der Waals surface area contributed by atoms with Crippen LogP contribution in [0.2, 0.25) is 0 Å². The van der Waals surface area contributed by atoms with Gasteiger partial charge in [0.15, 0.2) is 0 Å². The number of rotatable bonds is 4. The maximum atomic E-state index is 13.8. The number of nitriles is 1. The van der Waals surface area contributed by atoms with Crippen molar-refractivity contribution >= 4 is 5.69 Å². The zero-order valence-corrected chi connectivity index (χ0v) is 16.9. The van der Waals surface area contributed by atoms with Crippen LogP contribution in [-0.2, 0) is 6.42 Å². The summed E-state index contributed by atoms with van der Waals surface area (Å²) >= 11 is 0. The summed E-state index contributed by atoms with van der Waals surface area (Å²) in [6.45, 7) is 5.73. The number of piperidine rings is 1. The van der Waals surface area contributed by atoms with Crippen molar-refractivity contribution in [2.75, 3.05) is 18.0 Å². The molecule has 1 aliphatic heterocycles. The number of nitrogens with zero attached hydrogens (tertiary/aromatic N) is 3. The quantitative estimate of drug-likeness (QED) is 0.661. The van der Waals surface area contributed by atoms with Crippen LogP contribution in [-0.4, -0.2) is 23.1 Å². The molecule has 2 heterocycles. The van der Waals surface area contributed by atoms with E-state index in [2.05, 4.69) is 40.0 Å². The van der Waals surface area contributed by atoms with Crippen LogP contribution in [0.5, 0.6) is 0 Å². The number of aromatic amines is 1. The van der Waals surface area contributed by atoms with Crippen LogP contribution in [0.1, 0.15) is 41.3 Å². The predicted octanol–water partition coefficient (Wildman–Crippen LogP) is 5.28. The molecular weight excluding hydrogens is 363 g/mol. The molecule has 4 rings (SSSR count). The Morgan fingerprint density at radius 2 is 1.97 bits per heavy atom. The Labute approximate surface area is 171 Å². The third-order valence-corrected chi connectivity index (χ3v) is 5.91. The van der Waals surface area contributed by atoms with Crippen molar-refractivity contribution in [3.8, 4) is 17.2 Å². The van der Waals surface area contributed by atoms with Gasteiger partial charge in [0.25, 0.3) is 0 Å². The second-order valence-corrected chi connectivity index (χ2v) is 7.82. The summed E-state index contributed by atoms with van der Waals surface area (Å²) in [5.41, 5.74) is 7.20. The van der Waals surface area contributed by atoms with Gasteiger partial charge >= 0.3 is 0 Å². The fourth-order valence-electron chi connectivity index (χ4n) is 4.27. The van der Waals surface area contributed by atoms with Gasteiger partial charge in [-0.2, -0.15) is 5.26 Å². The number of nitrogens with one attached hydrogen (secondary N) is 1. The van der Waals surface area contributed by atoms with Gasteiger partial charge in [0, 0.05) is 36.0 Å². The van der Waals surface area contributed by atoms with Crippen LogP contribution in [0.4, 0.5) is 10.1 Å². The topological polar surface area (TPSA) is 55.7 Å². The summed E-state index contributed by atoms with van der Waals surface area (Å²) < 4.78 is 13.8. The highest BCUT2D eigenvalue weighted by molar-refractivity contribution is 5.80. The molecule has 0 atom stereocenters. The first-order chi connectivity index (χ1) is 14.1. The molecule has 3 aromatic rings. The molecule has 4 nitrogen and oxygen atoms in total. The van der Waals surface area contributed by atoms with E-state index in [4.69, 9.17) is 5.26 Å². The van der Waals surface area contributed by atoms with Crippen LogP contribution < -0.4 is 4.90 Å². The number of aromatic nitrogens is 2. The first kappa shape index (κ1) is 19.2. The van der Waals surface area contributed by atoms with Gasteiger partial charge in [0.05, 0.1) is 24.5 Å². The molecule has 1 aliphatic rings. The van der Waals surface area contributed by atoms with E-state index in [9.17, 15) is 4.39 Å². The molecule has 29 heavy (non-hydrogen) atoms. The molecule has 1 N–H and O–H groups in total. The van der Waals surface area contributed by atoms with E-state index in [1.165, 1.54) is 11.8 Å². The average Bonchev–Trinajstić information content (AvgIpc) is 3.16. The second-order valence-electron chi connectivity index (χ2n) is 7.82. The minimum atomic E-state index is -0.188. The summed E-state index contributed by atoms with van der Waals surface area (Å²) in [6.07, 6.45) is 4.24. The number of aryl methyl sites for hydroxylation is 2. The molecule has 0 unspecified atom stereocenters. The molecule has 0 saturated carbocycles. The van der Waals surface area contributed by atoms with E-state index in [-0.39, 0.29) is 5.82 Å². The van der Waals surface area contributed by atoms with Gasteiger partial charge in [-0.15, -0.1) is 0 Å². The number of halogens is 1. The number of imidazole rings is 1. The van der Waals surface area contributed by atoms with Crippen LogP contribution >= 0.6 is 0 Å². The van der Waals surface area contributed by atoms with E-state index < -0.39 is 0 Å². The predicted molar refractivity (Wildman–Crippen MR) is 113 cm³/mol. The maximum absolute atomic E-state index is 13.8. The first-order valence-electron chi connectivity index (χ1n) is 10.1. The third-order valence-electron chi connectivity index (χ3n) is 5.91. The monoisotopic (exact) mass is 388 g/mol. The fraction of sp³-hybridized carbons (Fsp3) is 0.333. The Bertz CT molecular complexity index is 1050. The van der Waals surface area contributed by atoms with Crippen LogP contribution in [0.3, 0.4) is 0 Å². The maximum Gasteiger partial charge on any atom is 0.126 e. The van der Waals surface area contributed by atoms with E-state index in [1.807, 2.05) is 18.2 Å². The van der Waals surface area contributed by atoms with Gasteiger partial charge in [-0.3, -0.25) is 0 Å². The van der Waals surface area contributed by atoms with Gasteiger partial charge in [-0.05, 0) is 61.6 Å². The van der Waals surface area contributed by atoms with E-state index >= 15 is 0 Å². The van der Waals surface area contributed by atoms with E-state index in [1.54, 1.807) is 13.3 Å². The highest BCUT2D eigenvalue weighted by Crippen LogP contribution is 2.37. The van der Waals surface area contributed by atoms with Crippen LogP contribution in [0.25, 0.3) is 11.1 Å². The van der Waals surface area contributed by atoms with Gasteiger partial charge in [-0.1, -0.05) is 18.2 Å². The standard InChI is InChI=1S/C24H25FN4/c1-16-13-20(4-6-22(16)25)21-5-3-18(7-10-26)14-23(21)29-11-8-19(9-12-29)24-17(2)27-15-28-24/h3-6,13-15,19H,7-9,11-12H2,1-2H3,(H,27,28). The normalized spacial score (nSPS) is 14.8. The van der Waals surface area contributed by atoms with Crippen molar-refractivity contribution in [1.29, 1.82) is 5.26 Å². The van der Waals surface area contributed by atoms with E-state index in [0.717, 1.165) is 54.0 Å². The van der Waals surface area contributed by atoms with Crippen molar-refractivity contribution in [3.63, 3.8) is 0 Å². The molecule has 0 amide bonds. The summed E-state index contributed by atoms with van der Waals surface area (Å²) in [4.78, 5) is 10.1. The molecule has 1 saturated heterocycles. The lowest BCUT2D eigenvalue weighted by Gasteiger charge is -2.35. The molecular formula is C24H25FN4. The highest BCUT2D eigenvalue weighted by atomic mass is 19.1. The smallest absolute Gasteiger partial charge is 0.126 e. The number of anilines is 1. The Balaban J connectivity index is 1.65. The lowest BCUT2D eigenvalue weighted by atomic mass is 9.91. The van der Waals surface area contributed by atoms with Crippen LogP contribution in [0, 0.1) is 31.0 Å². The minimum absolute atomic E-state index is 0.188. The second kappa shape index (κ2) is 8.08. The van der Waals surface area contributed by atoms with Crippen molar-refractivity contribution < 1.29 is 4.39 Å². The molecule has 0 spiro atoms. The number of hydrogen-bond donors (Lipinski definition) is 1. The first-order valence-corrected chi connectivity index (χ1v) is 10.1. The van der Waals surface area contributed by atoms with Gasteiger partial charge in [0.2, 0.25) is 0 Å². The van der Waals surface area contributed by atoms with Crippen molar-refractivity contribution in [2.45, 2.75) is 39.0 Å². The number of hydrogen-bond acceptors (Lipinski definition) is 3. The van der Waals surface area contributed by atoms with Gasteiger partial charge in [0.1, 0.15) is 5.82 Å². The molecule has 148 valence electrons. The highest BCUT2D eigenvalue weighted by Gasteiger charge is 2.25. The summed E-state index contributed by atoms with van der Waals surface area (Å²) in [5.74, 6) is 0.280. The SMILES string of the molecule is Cc1cc(-c2ccc(CC#N)cc2N2CCC(c3nc[nH]c3C)CC2)ccc1F. The molecule has 1 aromatic heterocycles. The molecule has 2 aromatic carbocycles. The minimum Gasteiger partial charge on any atom is -0.371 e. The Morgan fingerprint density at radius 1 is 1.17 bits per heavy atom. The fourth-order valence-corrected chi connectivity index (χ4v) is 4.27. The van der Waals surface area contributed by atoms with Crippen molar-refractivity contribution in [2.24, 2.45) is 0 Å². The zero-order valence-electron chi connectivity index (χ0n) is 16.9. The Morgan fingerprint density at radius 3 is 2.62 bits per heavy atom. The van der Waals surface area contributed by atoms with E-state index in [0.29, 0.717) is 17.9 Å². The Hall–Kier alpha value is -3.13. The summed E-state index contributed by atoms with van der Waals surface area (Å²) in [7, 11) is 0. The van der Waals surface area contributed by atoms with Gasteiger partial charge in [-0.25, -0.2) is 9.37 Å². The summed E-state index contributed by atoms with van der Waals surface area (Å²) in [6, 6.07) is 13.7. The zero-order chi connectivity index (χ0) is 20.4. The molecule has 0 radical (unpaired) electrons. The van der Waals surface area contributed by atoms with Crippen LogP contribution in [0.15, 0.2) is 42.7 Å². The molecule has 0 bridgehead atoms. The molecule has 1 fully saturated rings. The molecule has 0 aliphatic carbocycles. The lowest BCUT2D eigenvalue weighted by molar-refractivity contribution is 0.496. The van der Waals surface area contributed by atoms with Crippen molar-refractivity contribution in [1.82, 2.24) is 9.97 Å². The lowest BCUT2D eigenvalue weighted by Crippen LogP contribution is -2.33. The Kier molecular flexibility index (Phi) is 5.35. The largest absolute Gasteiger partial charge is 0.371 e. The number of H-pyrrole nitrogens is 1.